The zero-order valence-electron chi connectivity index (χ0n) is 19.9. The van der Waals surface area contributed by atoms with Crippen LogP contribution in [0.2, 0.25) is 0 Å². The van der Waals surface area contributed by atoms with E-state index in [2.05, 4.69) is 26.4 Å². The second-order valence-corrected chi connectivity index (χ2v) is 9.40. The predicted molar refractivity (Wildman–Crippen MR) is 137 cm³/mol. The van der Waals surface area contributed by atoms with E-state index in [9.17, 15) is 9.59 Å². The number of pyridine rings is 1. The van der Waals surface area contributed by atoms with Crippen LogP contribution in [0.4, 0.5) is 10.8 Å². The molecule has 9 heteroatoms. The van der Waals surface area contributed by atoms with Gasteiger partial charge in [0.05, 0.1) is 23.5 Å². The van der Waals surface area contributed by atoms with Crippen molar-refractivity contribution >= 4 is 34.0 Å². The van der Waals surface area contributed by atoms with Crippen LogP contribution in [0.25, 0.3) is 11.3 Å². The molecular weight excluding hydrogens is 460 g/mol. The topological polar surface area (TPSA) is 93.0 Å². The third-order valence-corrected chi connectivity index (χ3v) is 7.03. The van der Waals surface area contributed by atoms with Gasteiger partial charge in [0.25, 0.3) is 5.91 Å². The second kappa shape index (κ2) is 9.42. The maximum atomic E-state index is 12.9. The molecule has 1 aliphatic rings. The summed E-state index contributed by atoms with van der Waals surface area (Å²) in [6.45, 7) is 6.96. The normalized spacial score (nSPS) is 13.1. The van der Waals surface area contributed by atoms with Gasteiger partial charge in [0, 0.05) is 47.7 Å². The summed E-state index contributed by atoms with van der Waals surface area (Å²) < 4.78 is 1.83. The lowest BCUT2D eigenvalue weighted by Crippen LogP contribution is -2.34. The first kappa shape index (κ1) is 22.9. The average molecular weight is 487 g/mol. The Bertz CT molecular complexity index is 1410. The lowest BCUT2D eigenvalue weighted by atomic mass is 9.97. The van der Waals surface area contributed by atoms with Gasteiger partial charge in [-0.25, -0.2) is 4.98 Å². The molecule has 0 saturated heterocycles. The molecule has 0 radical (unpaired) electrons. The Balaban J connectivity index is 1.36. The third kappa shape index (κ3) is 4.46. The molecule has 1 aromatic carbocycles. The number of aromatic nitrogens is 4. The Morgan fingerprint density at radius 3 is 2.80 bits per heavy atom. The Hall–Kier alpha value is -3.85. The lowest BCUT2D eigenvalue weighted by Gasteiger charge is -2.29. The van der Waals surface area contributed by atoms with Crippen LogP contribution in [0, 0.1) is 13.8 Å². The molecule has 0 atom stereocenters. The number of carbonyl (C=O) groups is 2. The highest BCUT2D eigenvalue weighted by Gasteiger charge is 2.25. The molecule has 178 valence electrons. The minimum atomic E-state index is -0.199. The SMILES string of the molecule is CCn1nc(C)c(C(=O)Nc2nc(-c3ccc4c(c3)CCC(=O)N4Cc3cccnc3)cs2)c1C. The first-order valence-corrected chi connectivity index (χ1v) is 12.5. The maximum absolute atomic E-state index is 12.9. The van der Waals surface area contributed by atoms with Gasteiger partial charge in [0.1, 0.15) is 0 Å². The summed E-state index contributed by atoms with van der Waals surface area (Å²) in [7, 11) is 0. The number of carbonyl (C=O) groups excluding carboxylic acids is 2. The molecule has 4 aromatic rings. The van der Waals surface area contributed by atoms with E-state index < -0.39 is 0 Å². The summed E-state index contributed by atoms with van der Waals surface area (Å²) in [6.07, 6.45) is 4.68. The summed E-state index contributed by atoms with van der Waals surface area (Å²) >= 11 is 1.39. The Morgan fingerprint density at radius 2 is 2.06 bits per heavy atom. The van der Waals surface area contributed by atoms with E-state index in [-0.39, 0.29) is 11.8 Å². The molecular formula is C26H26N6O2S. The van der Waals surface area contributed by atoms with Crippen LogP contribution < -0.4 is 10.2 Å². The maximum Gasteiger partial charge on any atom is 0.261 e. The van der Waals surface area contributed by atoms with Gasteiger partial charge in [-0.3, -0.25) is 24.6 Å². The number of hydrogen-bond donors (Lipinski definition) is 1. The van der Waals surface area contributed by atoms with Gasteiger partial charge >= 0.3 is 0 Å². The van der Waals surface area contributed by atoms with Gasteiger partial charge in [-0.1, -0.05) is 12.1 Å². The van der Waals surface area contributed by atoms with E-state index in [0.717, 1.165) is 33.8 Å². The fourth-order valence-corrected chi connectivity index (χ4v) is 5.24. The Kier molecular flexibility index (Phi) is 6.17. The van der Waals surface area contributed by atoms with Crippen molar-refractivity contribution in [3.63, 3.8) is 0 Å². The molecule has 0 aliphatic carbocycles. The monoisotopic (exact) mass is 486 g/mol. The van der Waals surface area contributed by atoms with E-state index in [1.807, 2.05) is 60.0 Å². The molecule has 3 aromatic heterocycles. The highest BCUT2D eigenvalue weighted by Crippen LogP contribution is 2.34. The van der Waals surface area contributed by atoms with Crippen molar-refractivity contribution in [2.75, 3.05) is 10.2 Å². The van der Waals surface area contributed by atoms with Crippen LogP contribution in [0.5, 0.6) is 0 Å². The summed E-state index contributed by atoms with van der Waals surface area (Å²) in [5.41, 5.74) is 6.93. The molecule has 0 fully saturated rings. The Morgan fingerprint density at radius 1 is 1.20 bits per heavy atom. The highest BCUT2D eigenvalue weighted by atomic mass is 32.1. The van der Waals surface area contributed by atoms with Gasteiger partial charge in [0.2, 0.25) is 5.91 Å². The second-order valence-electron chi connectivity index (χ2n) is 8.54. The first-order valence-electron chi connectivity index (χ1n) is 11.6. The number of anilines is 2. The largest absolute Gasteiger partial charge is 0.308 e. The van der Waals surface area contributed by atoms with Crippen molar-refractivity contribution in [2.45, 2.75) is 46.7 Å². The van der Waals surface area contributed by atoms with Crippen molar-refractivity contribution in [3.8, 4) is 11.3 Å². The number of benzene rings is 1. The molecule has 0 unspecified atom stereocenters. The van der Waals surface area contributed by atoms with Gasteiger partial charge < -0.3 is 4.90 Å². The van der Waals surface area contributed by atoms with Crippen LogP contribution >= 0.6 is 11.3 Å². The molecule has 8 nitrogen and oxygen atoms in total. The minimum absolute atomic E-state index is 0.116. The number of rotatable bonds is 6. The zero-order valence-corrected chi connectivity index (χ0v) is 20.7. The summed E-state index contributed by atoms with van der Waals surface area (Å²) in [4.78, 5) is 36.2. The lowest BCUT2D eigenvalue weighted by molar-refractivity contribution is -0.119. The van der Waals surface area contributed by atoms with E-state index in [1.54, 1.807) is 12.4 Å². The summed E-state index contributed by atoms with van der Waals surface area (Å²) in [5, 5.41) is 9.84. The smallest absolute Gasteiger partial charge is 0.261 e. The number of hydrogen-bond acceptors (Lipinski definition) is 6. The Labute approximate surface area is 207 Å². The average Bonchev–Trinajstić information content (AvgIpc) is 3.44. The fraction of sp³-hybridized carbons (Fsp3) is 0.269. The fourth-order valence-electron chi connectivity index (χ4n) is 4.52. The molecule has 5 rings (SSSR count). The standard InChI is InChI=1S/C26H26N6O2S/c1-4-32-17(3)24(16(2)30-32)25(34)29-26-28-21(15-35-26)19-7-9-22-20(12-19)8-10-23(33)31(22)14-18-6-5-11-27-13-18/h5-7,9,11-13,15H,4,8,10,14H2,1-3H3,(H,28,29,34). The van der Waals surface area contributed by atoms with Gasteiger partial charge in [-0.15, -0.1) is 11.3 Å². The van der Waals surface area contributed by atoms with E-state index >= 15 is 0 Å². The van der Waals surface area contributed by atoms with Crippen LogP contribution in [0.3, 0.4) is 0 Å². The summed E-state index contributed by atoms with van der Waals surface area (Å²) in [6, 6.07) is 9.92. The van der Waals surface area contributed by atoms with E-state index in [4.69, 9.17) is 0 Å². The van der Waals surface area contributed by atoms with Crippen molar-refractivity contribution < 1.29 is 9.59 Å². The van der Waals surface area contributed by atoms with Crippen LogP contribution in [0.1, 0.15) is 46.2 Å². The molecule has 0 saturated carbocycles. The zero-order chi connectivity index (χ0) is 24.5. The van der Waals surface area contributed by atoms with Crippen LogP contribution in [-0.2, 0) is 24.3 Å². The van der Waals surface area contributed by atoms with Crippen molar-refractivity contribution in [3.05, 3.63) is 76.2 Å². The summed E-state index contributed by atoms with van der Waals surface area (Å²) in [5.74, 6) is -0.0830. The van der Waals surface area contributed by atoms with Crippen molar-refractivity contribution in [2.24, 2.45) is 0 Å². The predicted octanol–water partition coefficient (Wildman–Crippen LogP) is 4.77. The van der Waals surface area contributed by atoms with Crippen molar-refractivity contribution in [1.82, 2.24) is 19.7 Å². The molecule has 0 bridgehead atoms. The third-order valence-electron chi connectivity index (χ3n) is 6.27. The molecule has 2 amide bonds. The molecule has 35 heavy (non-hydrogen) atoms. The van der Waals surface area contributed by atoms with E-state index in [1.165, 1.54) is 11.3 Å². The molecule has 0 spiro atoms. The van der Waals surface area contributed by atoms with Crippen LogP contribution in [0.15, 0.2) is 48.1 Å². The van der Waals surface area contributed by atoms with Gasteiger partial charge in [-0.2, -0.15) is 5.10 Å². The number of nitrogens with zero attached hydrogens (tertiary/aromatic N) is 5. The van der Waals surface area contributed by atoms with Gasteiger partial charge in [0.15, 0.2) is 5.13 Å². The number of nitrogens with one attached hydrogen (secondary N) is 1. The van der Waals surface area contributed by atoms with Crippen molar-refractivity contribution in [1.29, 1.82) is 0 Å². The van der Waals surface area contributed by atoms with Crippen LogP contribution in [-0.4, -0.2) is 31.6 Å². The quantitative estimate of drug-likeness (QED) is 0.424. The minimum Gasteiger partial charge on any atom is -0.308 e. The molecule has 4 heterocycles. The number of thiazole rings is 1. The number of aryl methyl sites for hydroxylation is 3. The first-order chi connectivity index (χ1) is 16.9. The number of amides is 2. The van der Waals surface area contributed by atoms with E-state index in [0.29, 0.717) is 42.3 Å². The molecule has 1 aliphatic heterocycles. The highest BCUT2D eigenvalue weighted by molar-refractivity contribution is 7.14. The molecule has 1 N–H and O–H groups in total. The van der Waals surface area contributed by atoms with Gasteiger partial charge in [-0.05, 0) is 56.5 Å². The number of fused-ring (bicyclic) bond motifs is 1.